The number of nitrogens with one attached hydrogen (secondary N) is 1. The Kier molecular flexibility index (Phi) is 3.51. The summed E-state index contributed by atoms with van der Waals surface area (Å²) in [5, 5.41) is 3.76. The van der Waals surface area contributed by atoms with E-state index in [1.807, 2.05) is 18.2 Å². The summed E-state index contributed by atoms with van der Waals surface area (Å²) in [6, 6.07) is 7.51. The van der Waals surface area contributed by atoms with Crippen molar-refractivity contribution in [1.29, 1.82) is 0 Å². The lowest BCUT2D eigenvalue weighted by molar-refractivity contribution is 0.0936. The van der Waals surface area contributed by atoms with Crippen molar-refractivity contribution in [2.45, 2.75) is 25.4 Å². The van der Waals surface area contributed by atoms with Crippen LogP contribution in [-0.4, -0.2) is 5.91 Å². The number of rotatable bonds is 3. The Bertz CT molecular complexity index is 651. The minimum atomic E-state index is -0.138. The van der Waals surface area contributed by atoms with E-state index in [1.165, 1.54) is 11.8 Å². The summed E-state index contributed by atoms with van der Waals surface area (Å²) in [6.45, 7) is 0.290. The Hall–Kier alpha value is -1.78. The second-order valence-electron chi connectivity index (χ2n) is 4.91. The molecule has 4 nitrogen and oxygen atoms in total. The van der Waals surface area contributed by atoms with Crippen molar-refractivity contribution in [2.75, 3.05) is 0 Å². The number of carbonyl (C=O) groups excluding carboxylic acids is 1. The fourth-order valence-electron chi connectivity index (χ4n) is 2.58. The predicted octanol–water partition coefficient (Wildman–Crippen LogP) is 2.81. The number of benzene rings is 1. The smallest absolute Gasteiger partial charge is 0.255 e. The molecule has 0 bridgehead atoms. The molecular formula is C15H15ClN2O2. The van der Waals surface area contributed by atoms with E-state index in [0.717, 1.165) is 23.4 Å². The van der Waals surface area contributed by atoms with E-state index in [1.54, 1.807) is 6.07 Å². The second kappa shape index (κ2) is 5.31. The third-order valence-corrected chi connectivity index (χ3v) is 3.84. The number of amides is 1. The van der Waals surface area contributed by atoms with Crippen molar-refractivity contribution in [1.82, 2.24) is 5.32 Å². The molecule has 20 heavy (non-hydrogen) atoms. The Balaban J connectivity index is 1.75. The molecule has 0 saturated heterocycles. The molecule has 1 amide bonds. The molecule has 1 atom stereocenters. The van der Waals surface area contributed by atoms with E-state index < -0.39 is 0 Å². The Morgan fingerprint density at radius 3 is 3.05 bits per heavy atom. The number of nitrogens with two attached hydrogens (primary N) is 1. The summed E-state index contributed by atoms with van der Waals surface area (Å²) in [7, 11) is 0. The molecular weight excluding hydrogens is 276 g/mol. The van der Waals surface area contributed by atoms with Crippen molar-refractivity contribution in [3.8, 4) is 0 Å². The summed E-state index contributed by atoms with van der Waals surface area (Å²) < 4.78 is 5.18. The number of fused-ring (bicyclic) bond motifs is 1. The average molecular weight is 291 g/mol. The van der Waals surface area contributed by atoms with Crippen LogP contribution in [0.4, 0.5) is 0 Å². The van der Waals surface area contributed by atoms with Crippen LogP contribution in [0.3, 0.4) is 0 Å². The molecule has 0 aliphatic heterocycles. The third-order valence-electron chi connectivity index (χ3n) is 3.61. The van der Waals surface area contributed by atoms with E-state index in [9.17, 15) is 4.79 Å². The number of aryl methyl sites for hydroxylation is 1. The van der Waals surface area contributed by atoms with Gasteiger partial charge in [-0.25, -0.2) is 0 Å². The maximum absolute atomic E-state index is 12.2. The summed E-state index contributed by atoms with van der Waals surface area (Å²) in [5.41, 5.74) is 8.32. The summed E-state index contributed by atoms with van der Waals surface area (Å²) in [4.78, 5) is 12.2. The quantitative estimate of drug-likeness (QED) is 0.913. The topological polar surface area (TPSA) is 68.3 Å². The standard InChI is InChI=1S/C15H15ClN2O2/c16-11-2-3-13-9(5-11)1-4-14(13)18-15(19)10-6-12(7-17)20-8-10/h2-3,5-6,8,14H,1,4,7,17H2,(H,18,19). The molecule has 3 rings (SSSR count). The van der Waals surface area contributed by atoms with Crippen LogP contribution >= 0.6 is 11.6 Å². The highest BCUT2D eigenvalue weighted by molar-refractivity contribution is 6.30. The van der Waals surface area contributed by atoms with Gasteiger partial charge in [0.15, 0.2) is 0 Å². The zero-order valence-corrected chi connectivity index (χ0v) is 11.6. The maximum Gasteiger partial charge on any atom is 0.255 e. The van der Waals surface area contributed by atoms with Crippen LogP contribution < -0.4 is 11.1 Å². The van der Waals surface area contributed by atoms with Gasteiger partial charge in [0.05, 0.1) is 18.2 Å². The number of hydrogen-bond acceptors (Lipinski definition) is 3. The molecule has 0 saturated carbocycles. The highest BCUT2D eigenvalue weighted by atomic mass is 35.5. The van der Waals surface area contributed by atoms with Gasteiger partial charge >= 0.3 is 0 Å². The van der Waals surface area contributed by atoms with Crippen LogP contribution in [0, 0.1) is 0 Å². The number of furan rings is 1. The van der Waals surface area contributed by atoms with E-state index in [-0.39, 0.29) is 18.5 Å². The first-order valence-electron chi connectivity index (χ1n) is 6.54. The molecule has 0 spiro atoms. The predicted molar refractivity (Wildman–Crippen MR) is 76.6 cm³/mol. The van der Waals surface area contributed by atoms with E-state index in [4.69, 9.17) is 21.8 Å². The van der Waals surface area contributed by atoms with Gasteiger partial charge in [-0.2, -0.15) is 0 Å². The lowest BCUT2D eigenvalue weighted by Crippen LogP contribution is -2.26. The van der Waals surface area contributed by atoms with Gasteiger partial charge in [0.2, 0.25) is 0 Å². The molecule has 1 aliphatic carbocycles. The van der Waals surface area contributed by atoms with E-state index >= 15 is 0 Å². The van der Waals surface area contributed by atoms with Crippen LogP contribution in [-0.2, 0) is 13.0 Å². The molecule has 104 valence electrons. The molecule has 0 fully saturated rings. The highest BCUT2D eigenvalue weighted by Crippen LogP contribution is 2.33. The highest BCUT2D eigenvalue weighted by Gasteiger charge is 2.24. The normalized spacial score (nSPS) is 17.0. The zero-order valence-electron chi connectivity index (χ0n) is 10.9. The van der Waals surface area contributed by atoms with Crippen LogP contribution in [0.25, 0.3) is 0 Å². The van der Waals surface area contributed by atoms with E-state index in [0.29, 0.717) is 11.3 Å². The van der Waals surface area contributed by atoms with Crippen molar-refractivity contribution in [3.63, 3.8) is 0 Å². The SMILES string of the molecule is NCc1cc(C(=O)NC2CCc3cc(Cl)ccc32)co1. The fraction of sp³-hybridized carbons (Fsp3) is 0.267. The lowest BCUT2D eigenvalue weighted by atomic mass is 10.1. The molecule has 0 radical (unpaired) electrons. The van der Waals surface area contributed by atoms with Gasteiger partial charge < -0.3 is 15.5 Å². The number of halogens is 1. The molecule has 2 aromatic rings. The van der Waals surface area contributed by atoms with Gasteiger partial charge in [-0.3, -0.25) is 4.79 Å². The van der Waals surface area contributed by atoms with Crippen LogP contribution in [0.1, 0.15) is 39.7 Å². The minimum Gasteiger partial charge on any atom is -0.467 e. The largest absolute Gasteiger partial charge is 0.467 e. The van der Waals surface area contributed by atoms with Gasteiger partial charge in [0, 0.05) is 5.02 Å². The Morgan fingerprint density at radius 1 is 1.45 bits per heavy atom. The number of carbonyl (C=O) groups is 1. The summed E-state index contributed by atoms with van der Waals surface area (Å²) in [6.07, 6.45) is 3.26. The van der Waals surface area contributed by atoms with Gasteiger partial charge in [0.1, 0.15) is 12.0 Å². The van der Waals surface area contributed by atoms with E-state index in [2.05, 4.69) is 5.32 Å². The lowest BCUT2D eigenvalue weighted by Gasteiger charge is -2.13. The molecule has 1 aromatic heterocycles. The second-order valence-corrected chi connectivity index (χ2v) is 5.35. The molecule has 3 N–H and O–H groups in total. The maximum atomic E-state index is 12.2. The Labute approximate surface area is 121 Å². The van der Waals surface area contributed by atoms with Crippen molar-refractivity contribution < 1.29 is 9.21 Å². The first-order chi connectivity index (χ1) is 9.67. The number of hydrogen-bond donors (Lipinski definition) is 2. The first kappa shape index (κ1) is 13.2. The molecule has 1 unspecified atom stereocenters. The van der Waals surface area contributed by atoms with Crippen LogP contribution in [0.5, 0.6) is 0 Å². The molecule has 5 heteroatoms. The summed E-state index contributed by atoms with van der Waals surface area (Å²) in [5.74, 6) is 0.468. The van der Waals surface area contributed by atoms with Gasteiger partial charge in [-0.05, 0) is 42.2 Å². The molecule has 1 heterocycles. The zero-order chi connectivity index (χ0) is 14.1. The summed E-state index contributed by atoms with van der Waals surface area (Å²) >= 11 is 5.98. The third kappa shape index (κ3) is 2.44. The van der Waals surface area contributed by atoms with Crippen LogP contribution in [0.15, 0.2) is 34.9 Å². The van der Waals surface area contributed by atoms with Crippen LogP contribution in [0.2, 0.25) is 5.02 Å². The molecule has 1 aromatic carbocycles. The van der Waals surface area contributed by atoms with Crippen molar-refractivity contribution in [3.05, 3.63) is 58.0 Å². The average Bonchev–Trinajstić information content (AvgIpc) is 3.05. The van der Waals surface area contributed by atoms with Gasteiger partial charge in [-0.1, -0.05) is 17.7 Å². The van der Waals surface area contributed by atoms with Crippen molar-refractivity contribution >= 4 is 17.5 Å². The van der Waals surface area contributed by atoms with Gasteiger partial charge in [-0.15, -0.1) is 0 Å². The monoisotopic (exact) mass is 290 g/mol. The first-order valence-corrected chi connectivity index (χ1v) is 6.92. The molecule has 1 aliphatic rings. The Morgan fingerprint density at radius 2 is 2.30 bits per heavy atom. The van der Waals surface area contributed by atoms with Crippen molar-refractivity contribution in [2.24, 2.45) is 5.73 Å². The fourth-order valence-corrected chi connectivity index (χ4v) is 2.78. The van der Waals surface area contributed by atoms with Gasteiger partial charge in [0.25, 0.3) is 5.91 Å². The minimum absolute atomic E-state index is 0.0333.